The lowest BCUT2D eigenvalue weighted by Gasteiger charge is -2.11. The topological polar surface area (TPSA) is 87.4 Å². The molecular formula is C25H17F6N5O2. The molecule has 2 aromatic heterocycles. The van der Waals surface area contributed by atoms with Crippen molar-refractivity contribution < 1.29 is 31.1 Å². The number of aromatic nitrogens is 3. The van der Waals surface area contributed by atoms with Crippen molar-refractivity contribution in [2.45, 2.75) is 13.3 Å². The Hall–Kier alpha value is -4.81. The van der Waals surface area contributed by atoms with Crippen molar-refractivity contribution in [3.63, 3.8) is 0 Å². The van der Waals surface area contributed by atoms with Gasteiger partial charge in [-0.05, 0) is 37.3 Å². The molecule has 0 amide bonds. The lowest BCUT2D eigenvalue weighted by molar-refractivity contribution is -0.274. The van der Waals surface area contributed by atoms with Crippen LogP contribution >= 0.6 is 0 Å². The molecule has 4 rings (SSSR count). The molecule has 0 radical (unpaired) electrons. The van der Waals surface area contributed by atoms with E-state index in [9.17, 15) is 31.1 Å². The van der Waals surface area contributed by atoms with Crippen molar-refractivity contribution in [2.75, 3.05) is 0 Å². The van der Waals surface area contributed by atoms with Gasteiger partial charge >= 0.3 is 6.36 Å². The number of nitrogens with zero attached hydrogens (tertiary/aromatic N) is 4. The molecule has 0 aliphatic carbocycles. The number of hydrogen-bond acceptors (Lipinski definition) is 5. The quantitative estimate of drug-likeness (QED) is 0.268. The molecule has 0 aliphatic heterocycles. The summed E-state index contributed by atoms with van der Waals surface area (Å²) in [5.41, 5.74) is 4.95. The zero-order valence-electron chi connectivity index (χ0n) is 19.4. The Labute approximate surface area is 210 Å². The Bertz CT molecular complexity index is 1600. The van der Waals surface area contributed by atoms with Crippen molar-refractivity contribution in [1.29, 1.82) is 0 Å². The highest BCUT2D eigenvalue weighted by atomic mass is 19.4. The lowest BCUT2D eigenvalue weighted by Crippen LogP contribution is -2.21. The number of benzene rings is 2. The summed E-state index contributed by atoms with van der Waals surface area (Å²) in [5.74, 6) is -3.58. The molecule has 2 aromatic carbocycles. The molecule has 38 heavy (non-hydrogen) atoms. The Morgan fingerprint density at radius 1 is 1.03 bits per heavy atom. The second-order valence-corrected chi connectivity index (χ2v) is 7.90. The molecule has 196 valence electrons. The SMILES string of the molecule is CC(N)=CC(=Nc1cccc(OC(F)(F)F)c1)c1nn(-c2ccc(-n3cc(F)c(F)c3)cc2F)ccc1=O. The van der Waals surface area contributed by atoms with E-state index >= 15 is 0 Å². The summed E-state index contributed by atoms with van der Waals surface area (Å²) in [6.07, 6.45) is -0.763. The van der Waals surface area contributed by atoms with E-state index < -0.39 is 35.0 Å². The molecule has 0 spiro atoms. The third kappa shape index (κ3) is 6.11. The predicted octanol–water partition coefficient (Wildman–Crippen LogP) is 5.32. The van der Waals surface area contributed by atoms with E-state index in [2.05, 4.69) is 14.8 Å². The average Bonchev–Trinajstić information content (AvgIpc) is 3.16. The molecule has 0 bridgehead atoms. The first-order valence-electron chi connectivity index (χ1n) is 10.7. The van der Waals surface area contributed by atoms with Gasteiger partial charge in [0.15, 0.2) is 23.1 Å². The van der Waals surface area contributed by atoms with Crippen LogP contribution in [0.15, 0.2) is 88.7 Å². The van der Waals surface area contributed by atoms with E-state index in [1.165, 1.54) is 43.5 Å². The lowest BCUT2D eigenvalue weighted by atomic mass is 10.2. The van der Waals surface area contributed by atoms with E-state index in [1.807, 2.05) is 0 Å². The molecule has 2 heterocycles. The average molecular weight is 533 g/mol. The first-order chi connectivity index (χ1) is 17.9. The first kappa shape index (κ1) is 26.3. The minimum absolute atomic E-state index is 0.00225. The summed E-state index contributed by atoms with van der Waals surface area (Å²) in [6.45, 7) is 1.49. The van der Waals surface area contributed by atoms with Gasteiger partial charge in [0.2, 0.25) is 5.43 Å². The fourth-order valence-corrected chi connectivity index (χ4v) is 3.37. The fourth-order valence-electron chi connectivity index (χ4n) is 3.37. The normalized spacial score (nSPS) is 12.6. The van der Waals surface area contributed by atoms with E-state index in [1.54, 1.807) is 0 Å². The number of ether oxygens (including phenoxy) is 1. The van der Waals surface area contributed by atoms with Gasteiger partial charge in [-0.15, -0.1) is 13.2 Å². The fraction of sp³-hybridized carbons (Fsp3) is 0.0800. The molecule has 7 nitrogen and oxygen atoms in total. The molecule has 0 unspecified atom stereocenters. The Balaban J connectivity index is 1.76. The van der Waals surface area contributed by atoms with Gasteiger partial charge in [-0.3, -0.25) is 4.79 Å². The minimum atomic E-state index is -4.92. The molecule has 13 heteroatoms. The second kappa shape index (κ2) is 10.3. The van der Waals surface area contributed by atoms with Gasteiger partial charge in [-0.2, -0.15) is 5.10 Å². The number of rotatable bonds is 6. The largest absolute Gasteiger partial charge is 0.573 e. The maximum atomic E-state index is 15.0. The number of nitrogens with two attached hydrogens (primary N) is 1. The molecule has 0 atom stereocenters. The molecule has 0 aliphatic rings. The van der Waals surface area contributed by atoms with E-state index in [0.717, 1.165) is 45.9 Å². The van der Waals surface area contributed by atoms with Crippen molar-refractivity contribution >= 4 is 11.4 Å². The van der Waals surface area contributed by atoms with Crippen LogP contribution in [0, 0.1) is 17.5 Å². The number of alkyl halides is 3. The summed E-state index contributed by atoms with van der Waals surface area (Å²) >= 11 is 0. The number of halogens is 6. The zero-order chi connectivity index (χ0) is 27.6. The number of aliphatic imine (C=N–C) groups is 1. The summed E-state index contributed by atoms with van der Waals surface area (Å²) < 4.78 is 85.5. The molecule has 0 saturated heterocycles. The summed E-state index contributed by atoms with van der Waals surface area (Å²) in [4.78, 5) is 16.9. The van der Waals surface area contributed by atoms with Crippen LogP contribution in [0.4, 0.5) is 32.0 Å². The molecule has 2 N–H and O–H groups in total. The van der Waals surface area contributed by atoms with Gasteiger partial charge in [0, 0.05) is 48.2 Å². The molecule has 0 fully saturated rings. The number of hydrogen-bond donors (Lipinski definition) is 1. The van der Waals surface area contributed by atoms with Crippen LogP contribution in [0.3, 0.4) is 0 Å². The second-order valence-electron chi connectivity index (χ2n) is 7.90. The summed E-state index contributed by atoms with van der Waals surface area (Å²) in [5, 5.41) is 4.15. The van der Waals surface area contributed by atoms with Gasteiger partial charge in [0.25, 0.3) is 0 Å². The highest BCUT2D eigenvalue weighted by Crippen LogP contribution is 2.27. The minimum Gasteiger partial charge on any atom is -0.406 e. The Kier molecular flexibility index (Phi) is 7.10. The number of allylic oxidation sites excluding steroid dienone is 2. The first-order valence-corrected chi connectivity index (χ1v) is 10.7. The van der Waals surface area contributed by atoms with E-state index in [0.29, 0.717) is 0 Å². The predicted molar refractivity (Wildman–Crippen MR) is 126 cm³/mol. The third-order valence-electron chi connectivity index (χ3n) is 4.93. The third-order valence-corrected chi connectivity index (χ3v) is 4.93. The van der Waals surface area contributed by atoms with Crippen LogP contribution in [0.2, 0.25) is 0 Å². The van der Waals surface area contributed by atoms with Crippen LogP contribution in [0.5, 0.6) is 5.75 Å². The van der Waals surface area contributed by atoms with E-state index in [4.69, 9.17) is 5.73 Å². The van der Waals surface area contributed by atoms with Gasteiger partial charge in [0.05, 0.1) is 11.4 Å². The van der Waals surface area contributed by atoms with E-state index in [-0.39, 0.29) is 34.2 Å². The van der Waals surface area contributed by atoms with Gasteiger partial charge < -0.3 is 15.0 Å². The van der Waals surface area contributed by atoms with Crippen molar-refractivity contribution in [1.82, 2.24) is 14.3 Å². The van der Waals surface area contributed by atoms with Gasteiger partial charge in [0.1, 0.15) is 11.4 Å². The van der Waals surface area contributed by atoms with Crippen molar-refractivity contribution in [2.24, 2.45) is 10.7 Å². The van der Waals surface area contributed by atoms with Crippen LogP contribution in [-0.4, -0.2) is 26.4 Å². The maximum Gasteiger partial charge on any atom is 0.573 e. The van der Waals surface area contributed by atoms with Crippen LogP contribution < -0.4 is 15.9 Å². The van der Waals surface area contributed by atoms with Crippen LogP contribution in [0.25, 0.3) is 11.4 Å². The zero-order valence-corrected chi connectivity index (χ0v) is 19.4. The summed E-state index contributed by atoms with van der Waals surface area (Å²) in [6, 6.07) is 9.47. The summed E-state index contributed by atoms with van der Waals surface area (Å²) in [7, 11) is 0. The molecular weight excluding hydrogens is 516 g/mol. The highest BCUT2D eigenvalue weighted by Gasteiger charge is 2.31. The van der Waals surface area contributed by atoms with Crippen molar-refractivity contribution in [3.8, 4) is 17.1 Å². The maximum absolute atomic E-state index is 15.0. The van der Waals surface area contributed by atoms with Crippen molar-refractivity contribution in [3.05, 3.63) is 112 Å². The van der Waals surface area contributed by atoms with Crippen LogP contribution in [-0.2, 0) is 0 Å². The monoisotopic (exact) mass is 533 g/mol. The Morgan fingerprint density at radius 2 is 1.74 bits per heavy atom. The van der Waals surface area contributed by atoms with Gasteiger partial charge in [-0.25, -0.2) is 22.8 Å². The molecule has 4 aromatic rings. The standard InChI is InChI=1S/C25H17F6N5O2/c1-14(32)9-21(33-15-3-2-4-17(10-15)38-25(29,30)31)24-23(37)7-8-36(34-24)22-6-5-16(11-18(22)26)35-12-19(27)20(28)13-35/h2-13H,32H2,1H3. The smallest absolute Gasteiger partial charge is 0.406 e. The van der Waals surface area contributed by atoms with Gasteiger partial charge in [-0.1, -0.05) is 6.07 Å². The Morgan fingerprint density at radius 3 is 2.37 bits per heavy atom. The molecule has 0 saturated carbocycles. The van der Waals surface area contributed by atoms with Crippen LogP contribution in [0.1, 0.15) is 12.6 Å². The highest BCUT2D eigenvalue weighted by molar-refractivity contribution is 6.08.